The normalized spacial score (nSPS) is 15.7. The number of aromatic nitrogens is 1. The van der Waals surface area contributed by atoms with Crippen LogP contribution in [0.4, 0.5) is 0 Å². The lowest BCUT2D eigenvalue weighted by molar-refractivity contribution is 0.174. The molecular weight excluding hydrogens is 497 g/mol. The van der Waals surface area contributed by atoms with Crippen LogP contribution in [0.5, 0.6) is 0 Å². The van der Waals surface area contributed by atoms with Gasteiger partial charge in [0, 0.05) is 68.5 Å². The number of thiazole rings is 1. The molecule has 3 rings (SSSR count). The molecule has 0 bridgehead atoms. The van der Waals surface area contributed by atoms with Crippen LogP contribution in [0.2, 0.25) is 0 Å². The molecule has 1 saturated heterocycles. The molecule has 2 aromatic heterocycles. The molecule has 1 N–H and O–H groups in total. The van der Waals surface area contributed by atoms with Crippen molar-refractivity contribution in [2.45, 2.75) is 17.3 Å². The monoisotopic (exact) mass is 523 g/mol. The van der Waals surface area contributed by atoms with Crippen LogP contribution in [0.1, 0.15) is 11.3 Å². The minimum atomic E-state index is 0. The van der Waals surface area contributed by atoms with Gasteiger partial charge in [0.2, 0.25) is 0 Å². The average molecular weight is 524 g/mol. The largest absolute Gasteiger partial charge is 0.356 e. The van der Waals surface area contributed by atoms with Gasteiger partial charge >= 0.3 is 0 Å². The molecule has 0 radical (unpaired) electrons. The molecule has 1 aliphatic rings. The van der Waals surface area contributed by atoms with E-state index in [2.05, 4.69) is 42.6 Å². The van der Waals surface area contributed by atoms with Gasteiger partial charge in [-0.2, -0.15) is 0 Å². The Morgan fingerprint density at radius 3 is 2.77 bits per heavy atom. The molecule has 0 spiro atoms. The molecule has 2 aromatic rings. The third-order valence-corrected chi connectivity index (χ3v) is 7.00. The lowest BCUT2D eigenvalue weighted by Crippen LogP contribution is -2.52. The highest BCUT2D eigenvalue weighted by Gasteiger charge is 2.19. The summed E-state index contributed by atoms with van der Waals surface area (Å²) in [6.07, 6.45) is 2.98. The van der Waals surface area contributed by atoms with Crippen molar-refractivity contribution in [2.75, 3.05) is 45.5 Å². The van der Waals surface area contributed by atoms with E-state index in [0.29, 0.717) is 0 Å². The first kappa shape index (κ1) is 21.9. The smallest absolute Gasteiger partial charge is 0.193 e. The van der Waals surface area contributed by atoms with Crippen LogP contribution in [0.25, 0.3) is 0 Å². The number of aliphatic imine (C=N–C) groups is 1. The van der Waals surface area contributed by atoms with Crippen molar-refractivity contribution in [2.24, 2.45) is 4.99 Å². The van der Waals surface area contributed by atoms with Crippen LogP contribution in [0.3, 0.4) is 0 Å². The molecular formula is C17H26IN5S3. The zero-order valence-corrected chi connectivity index (χ0v) is 19.7. The van der Waals surface area contributed by atoms with Crippen molar-refractivity contribution < 1.29 is 0 Å². The summed E-state index contributed by atoms with van der Waals surface area (Å²) in [6, 6.07) is 4.36. The number of hydrogen-bond acceptors (Lipinski definition) is 6. The van der Waals surface area contributed by atoms with Gasteiger partial charge in [0.1, 0.15) is 4.34 Å². The minimum Gasteiger partial charge on any atom is -0.356 e. The van der Waals surface area contributed by atoms with Crippen molar-refractivity contribution in [3.63, 3.8) is 0 Å². The molecule has 0 atom stereocenters. The fraction of sp³-hybridized carbons (Fsp3) is 0.529. The number of nitrogens with one attached hydrogen (secondary N) is 1. The highest BCUT2D eigenvalue weighted by Crippen LogP contribution is 2.20. The van der Waals surface area contributed by atoms with Gasteiger partial charge in [-0.1, -0.05) is 17.8 Å². The standard InChI is InChI=1S/C17H25N5S3.HI/c1-18-16(19-5-3-12-24-17-20-6-13-25-17)22-9-7-21(8-10-22)14-15-4-2-11-23-15;/h2,4,6,11,13H,3,5,7-10,12,14H2,1H3,(H,18,19);1H. The Kier molecular flexibility index (Phi) is 10.3. The Morgan fingerprint density at radius 2 is 2.12 bits per heavy atom. The molecule has 9 heteroatoms. The van der Waals surface area contributed by atoms with Gasteiger partial charge in [-0.25, -0.2) is 4.98 Å². The van der Waals surface area contributed by atoms with Crippen LogP contribution in [0, 0.1) is 0 Å². The van der Waals surface area contributed by atoms with Crippen LogP contribution in [-0.4, -0.2) is 66.3 Å². The number of halogens is 1. The third-order valence-electron chi connectivity index (χ3n) is 4.08. The molecule has 1 aliphatic heterocycles. The number of thiophene rings is 1. The number of rotatable bonds is 7. The van der Waals surface area contributed by atoms with Crippen molar-refractivity contribution in [3.8, 4) is 0 Å². The molecule has 144 valence electrons. The molecule has 0 saturated carbocycles. The summed E-state index contributed by atoms with van der Waals surface area (Å²) < 4.78 is 1.16. The predicted octanol–water partition coefficient (Wildman–Crippen LogP) is 3.70. The first-order chi connectivity index (χ1) is 12.3. The van der Waals surface area contributed by atoms with Crippen molar-refractivity contribution in [1.82, 2.24) is 20.1 Å². The van der Waals surface area contributed by atoms with Gasteiger partial charge in [0.25, 0.3) is 0 Å². The summed E-state index contributed by atoms with van der Waals surface area (Å²) >= 11 is 5.39. The zero-order chi connectivity index (χ0) is 17.3. The van der Waals surface area contributed by atoms with Crippen molar-refractivity contribution in [1.29, 1.82) is 0 Å². The number of guanidine groups is 1. The Bertz CT molecular complexity index is 625. The van der Waals surface area contributed by atoms with Gasteiger partial charge in [0.05, 0.1) is 0 Å². The van der Waals surface area contributed by atoms with Gasteiger partial charge < -0.3 is 10.2 Å². The molecule has 5 nitrogen and oxygen atoms in total. The fourth-order valence-corrected chi connectivity index (χ4v) is 5.18. The number of thioether (sulfide) groups is 1. The zero-order valence-electron chi connectivity index (χ0n) is 15.0. The first-order valence-corrected chi connectivity index (χ1v) is 11.3. The number of piperazine rings is 1. The summed E-state index contributed by atoms with van der Waals surface area (Å²) in [6.45, 7) is 6.31. The number of nitrogens with zero attached hydrogens (tertiary/aromatic N) is 4. The van der Waals surface area contributed by atoms with Gasteiger partial charge in [-0.15, -0.1) is 46.7 Å². The fourth-order valence-electron chi connectivity index (χ4n) is 2.79. The third kappa shape index (κ3) is 6.99. The van der Waals surface area contributed by atoms with Gasteiger partial charge in [-0.05, 0) is 17.9 Å². The molecule has 26 heavy (non-hydrogen) atoms. The highest BCUT2D eigenvalue weighted by atomic mass is 127. The quantitative estimate of drug-likeness (QED) is 0.197. The average Bonchev–Trinajstić information content (AvgIpc) is 3.33. The highest BCUT2D eigenvalue weighted by molar-refractivity contribution is 14.0. The number of hydrogen-bond donors (Lipinski definition) is 1. The van der Waals surface area contributed by atoms with E-state index in [4.69, 9.17) is 0 Å². The van der Waals surface area contributed by atoms with Crippen molar-refractivity contribution >= 4 is 64.4 Å². The van der Waals surface area contributed by atoms with E-state index in [0.717, 1.165) is 61.7 Å². The van der Waals surface area contributed by atoms with Gasteiger partial charge in [-0.3, -0.25) is 9.89 Å². The molecule has 0 unspecified atom stereocenters. The predicted molar refractivity (Wildman–Crippen MR) is 125 cm³/mol. The van der Waals surface area contributed by atoms with E-state index in [1.165, 1.54) is 4.88 Å². The van der Waals surface area contributed by atoms with Crippen LogP contribution in [0.15, 0.2) is 38.4 Å². The molecule has 0 aliphatic carbocycles. The SMILES string of the molecule is CN=C(NCCCSc1nccs1)N1CCN(Cc2cccs2)CC1.I. The summed E-state index contributed by atoms with van der Waals surface area (Å²) in [5.74, 6) is 2.13. The Morgan fingerprint density at radius 1 is 1.27 bits per heavy atom. The Labute approximate surface area is 185 Å². The van der Waals surface area contributed by atoms with Gasteiger partial charge in [0.15, 0.2) is 5.96 Å². The topological polar surface area (TPSA) is 43.8 Å². The van der Waals surface area contributed by atoms with Crippen molar-refractivity contribution in [3.05, 3.63) is 34.0 Å². The minimum absolute atomic E-state index is 0. The lowest BCUT2D eigenvalue weighted by Gasteiger charge is -2.36. The van der Waals surface area contributed by atoms with E-state index in [1.807, 2.05) is 41.7 Å². The van der Waals surface area contributed by atoms with E-state index in [-0.39, 0.29) is 24.0 Å². The summed E-state index contributed by atoms with van der Waals surface area (Å²) in [5.41, 5.74) is 0. The summed E-state index contributed by atoms with van der Waals surface area (Å²) in [7, 11) is 1.88. The van der Waals surface area contributed by atoms with Crippen LogP contribution < -0.4 is 5.32 Å². The van der Waals surface area contributed by atoms with Crippen LogP contribution in [-0.2, 0) is 6.54 Å². The first-order valence-electron chi connectivity index (χ1n) is 8.58. The maximum atomic E-state index is 4.46. The molecule has 0 amide bonds. The second-order valence-corrected chi connectivity index (χ2v) is 9.09. The van der Waals surface area contributed by atoms with E-state index in [9.17, 15) is 0 Å². The second-order valence-electron chi connectivity index (χ2n) is 5.82. The maximum Gasteiger partial charge on any atom is 0.193 e. The second kappa shape index (κ2) is 12.2. The molecule has 0 aromatic carbocycles. The van der Waals surface area contributed by atoms with E-state index < -0.39 is 0 Å². The van der Waals surface area contributed by atoms with Crippen LogP contribution >= 0.6 is 58.4 Å². The lowest BCUT2D eigenvalue weighted by atomic mass is 10.3. The summed E-state index contributed by atoms with van der Waals surface area (Å²) in [4.78, 5) is 15.1. The Balaban J connectivity index is 0.00000243. The Hall–Kier alpha value is -0.360. The van der Waals surface area contributed by atoms with E-state index in [1.54, 1.807) is 11.3 Å². The molecule has 1 fully saturated rings. The van der Waals surface area contributed by atoms with E-state index >= 15 is 0 Å². The molecule has 3 heterocycles. The maximum absolute atomic E-state index is 4.46. The summed E-state index contributed by atoms with van der Waals surface area (Å²) in [5, 5.41) is 7.69.